The van der Waals surface area contributed by atoms with Crippen LogP contribution < -0.4 is 5.32 Å². The number of aromatic nitrogens is 2. The second-order valence-corrected chi connectivity index (χ2v) is 8.61. The van der Waals surface area contributed by atoms with Gasteiger partial charge in [-0.2, -0.15) is 0 Å². The molecule has 1 heterocycles. The Labute approximate surface area is 195 Å². The molecule has 7 heteroatoms. The summed E-state index contributed by atoms with van der Waals surface area (Å²) in [6.07, 6.45) is 0.315. The summed E-state index contributed by atoms with van der Waals surface area (Å²) in [4.78, 5) is 20.5. The number of thioether (sulfide) groups is 1. The number of H-pyrrole nitrogens is 1. The Morgan fingerprint density at radius 1 is 0.903 bits per heavy atom. The van der Waals surface area contributed by atoms with Gasteiger partial charge in [0.2, 0.25) is 5.91 Å². The number of nitrogens with zero attached hydrogens (tertiary/aromatic N) is 1. The first kappa shape index (κ1) is 21.5. The summed E-state index contributed by atoms with van der Waals surface area (Å²) in [6.45, 7) is 0. The van der Waals surface area contributed by atoms with Crippen molar-refractivity contribution in [2.24, 2.45) is 0 Å². The number of anilines is 1. The Balaban J connectivity index is 1.46. The van der Waals surface area contributed by atoms with Gasteiger partial charge in [0.25, 0.3) is 0 Å². The average molecular weight is 468 g/mol. The van der Waals surface area contributed by atoms with Crippen molar-refractivity contribution in [2.45, 2.75) is 11.6 Å². The van der Waals surface area contributed by atoms with Crippen molar-refractivity contribution in [3.8, 4) is 22.5 Å². The molecule has 4 aromatic rings. The topological polar surface area (TPSA) is 57.8 Å². The third-order valence-electron chi connectivity index (χ3n) is 4.59. The fourth-order valence-corrected chi connectivity index (χ4v) is 4.25. The van der Waals surface area contributed by atoms with Crippen LogP contribution in [0.5, 0.6) is 0 Å². The van der Waals surface area contributed by atoms with Gasteiger partial charge >= 0.3 is 0 Å². The van der Waals surface area contributed by atoms with E-state index in [2.05, 4.69) is 22.4 Å². The molecule has 31 heavy (non-hydrogen) atoms. The number of hydrogen-bond donors (Lipinski definition) is 2. The van der Waals surface area contributed by atoms with E-state index in [9.17, 15) is 4.79 Å². The SMILES string of the molecule is O=C(CCSc1nc(-c2ccccc2)c(-c2ccccc2)[nH]1)Nc1cccc(Cl)c1Cl. The molecule has 1 aromatic heterocycles. The van der Waals surface area contributed by atoms with E-state index in [1.807, 2.05) is 48.5 Å². The lowest BCUT2D eigenvalue weighted by Gasteiger charge is -2.07. The highest BCUT2D eigenvalue weighted by Crippen LogP contribution is 2.33. The van der Waals surface area contributed by atoms with E-state index in [-0.39, 0.29) is 5.91 Å². The van der Waals surface area contributed by atoms with Crippen molar-refractivity contribution in [3.05, 3.63) is 88.9 Å². The molecule has 0 atom stereocenters. The van der Waals surface area contributed by atoms with Crippen molar-refractivity contribution in [2.75, 3.05) is 11.1 Å². The van der Waals surface area contributed by atoms with Crippen LogP contribution in [0, 0.1) is 0 Å². The van der Waals surface area contributed by atoms with E-state index < -0.39 is 0 Å². The minimum Gasteiger partial charge on any atom is -0.332 e. The van der Waals surface area contributed by atoms with Crippen LogP contribution in [0.15, 0.2) is 84.0 Å². The summed E-state index contributed by atoms with van der Waals surface area (Å²) in [5.74, 6) is 0.440. The standard InChI is InChI=1S/C24H19Cl2N3OS/c25-18-12-7-13-19(21(18)26)27-20(30)14-15-31-24-28-22(16-8-3-1-4-9-16)23(29-24)17-10-5-2-6-11-17/h1-13H,14-15H2,(H,27,30)(H,28,29). The van der Waals surface area contributed by atoms with Crippen LogP contribution in [0.4, 0.5) is 5.69 Å². The van der Waals surface area contributed by atoms with E-state index in [1.165, 1.54) is 11.8 Å². The Morgan fingerprint density at radius 2 is 1.58 bits per heavy atom. The molecule has 0 aliphatic heterocycles. The molecule has 4 nitrogen and oxygen atoms in total. The summed E-state index contributed by atoms with van der Waals surface area (Å²) < 4.78 is 0. The number of carbonyl (C=O) groups excluding carboxylic acids is 1. The van der Waals surface area contributed by atoms with Gasteiger partial charge in [0.1, 0.15) is 0 Å². The van der Waals surface area contributed by atoms with E-state index in [0.29, 0.717) is 27.9 Å². The smallest absolute Gasteiger partial charge is 0.225 e. The van der Waals surface area contributed by atoms with Gasteiger partial charge in [0, 0.05) is 23.3 Å². The van der Waals surface area contributed by atoms with Gasteiger partial charge < -0.3 is 10.3 Å². The fraction of sp³-hybridized carbons (Fsp3) is 0.0833. The molecule has 2 N–H and O–H groups in total. The lowest BCUT2D eigenvalue weighted by molar-refractivity contribution is -0.115. The highest BCUT2D eigenvalue weighted by Gasteiger charge is 2.15. The molecule has 4 rings (SSSR count). The zero-order valence-corrected chi connectivity index (χ0v) is 18.8. The highest BCUT2D eigenvalue weighted by atomic mass is 35.5. The van der Waals surface area contributed by atoms with Gasteiger partial charge in [-0.05, 0) is 12.1 Å². The molecular weight excluding hydrogens is 449 g/mol. The van der Waals surface area contributed by atoms with Gasteiger partial charge in [-0.1, -0.05) is 102 Å². The number of imidazole rings is 1. The normalized spacial score (nSPS) is 10.8. The largest absolute Gasteiger partial charge is 0.332 e. The average Bonchev–Trinajstić information content (AvgIpc) is 3.22. The van der Waals surface area contributed by atoms with Crippen molar-refractivity contribution in [3.63, 3.8) is 0 Å². The molecule has 0 aliphatic rings. The fourth-order valence-electron chi connectivity index (χ4n) is 3.09. The van der Waals surface area contributed by atoms with Gasteiger partial charge in [0.05, 0.1) is 27.1 Å². The minimum atomic E-state index is -0.130. The third kappa shape index (κ3) is 5.31. The van der Waals surface area contributed by atoms with Gasteiger partial charge in [-0.25, -0.2) is 4.98 Å². The summed E-state index contributed by atoms with van der Waals surface area (Å²) in [7, 11) is 0. The first-order chi connectivity index (χ1) is 15.1. The van der Waals surface area contributed by atoms with Gasteiger partial charge in [-0.3, -0.25) is 4.79 Å². The number of carbonyl (C=O) groups is 1. The van der Waals surface area contributed by atoms with Crippen LogP contribution in [-0.2, 0) is 4.79 Å². The van der Waals surface area contributed by atoms with Gasteiger partial charge in [-0.15, -0.1) is 0 Å². The molecule has 0 radical (unpaired) electrons. The number of hydrogen-bond acceptors (Lipinski definition) is 3. The van der Waals surface area contributed by atoms with Crippen LogP contribution in [0.1, 0.15) is 6.42 Å². The maximum Gasteiger partial charge on any atom is 0.225 e. The highest BCUT2D eigenvalue weighted by molar-refractivity contribution is 7.99. The first-order valence-electron chi connectivity index (χ1n) is 9.69. The summed E-state index contributed by atoms with van der Waals surface area (Å²) in [6, 6.07) is 25.3. The van der Waals surface area contributed by atoms with Gasteiger partial charge in [0.15, 0.2) is 5.16 Å². The predicted octanol–water partition coefficient (Wildman–Crippen LogP) is 7.17. The number of aromatic amines is 1. The molecule has 0 unspecified atom stereocenters. The monoisotopic (exact) mass is 467 g/mol. The van der Waals surface area contributed by atoms with Crippen molar-refractivity contribution >= 4 is 46.6 Å². The second kappa shape index (κ2) is 10.1. The van der Waals surface area contributed by atoms with E-state index in [0.717, 1.165) is 27.7 Å². The number of rotatable bonds is 7. The molecule has 0 aliphatic carbocycles. The molecule has 0 saturated carbocycles. The number of halogens is 2. The van der Waals surface area contributed by atoms with Crippen molar-refractivity contribution in [1.82, 2.24) is 9.97 Å². The van der Waals surface area contributed by atoms with Crippen molar-refractivity contribution in [1.29, 1.82) is 0 Å². The minimum absolute atomic E-state index is 0.130. The molecule has 0 saturated heterocycles. The molecule has 3 aromatic carbocycles. The maximum absolute atomic E-state index is 12.3. The third-order valence-corrected chi connectivity index (χ3v) is 6.28. The molecule has 1 amide bonds. The zero-order valence-electron chi connectivity index (χ0n) is 16.4. The Kier molecular flexibility index (Phi) is 6.97. The van der Waals surface area contributed by atoms with Crippen LogP contribution in [-0.4, -0.2) is 21.6 Å². The quantitative estimate of drug-likeness (QED) is 0.283. The van der Waals surface area contributed by atoms with Crippen LogP contribution in [0.2, 0.25) is 10.0 Å². The molecule has 0 bridgehead atoms. The number of benzene rings is 3. The molecule has 0 spiro atoms. The predicted molar refractivity (Wildman–Crippen MR) is 130 cm³/mol. The molecule has 156 valence electrons. The zero-order chi connectivity index (χ0) is 21.6. The Morgan fingerprint density at radius 3 is 2.29 bits per heavy atom. The number of amides is 1. The molecule has 0 fully saturated rings. The van der Waals surface area contributed by atoms with E-state index in [4.69, 9.17) is 28.2 Å². The maximum atomic E-state index is 12.3. The summed E-state index contributed by atoms with van der Waals surface area (Å²) >= 11 is 13.6. The van der Waals surface area contributed by atoms with Crippen LogP contribution >= 0.6 is 35.0 Å². The van der Waals surface area contributed by atoms with E-state index in [1.54, 1.807) is 18.2 Å². The van der Waals surface area contributed by atoms with Crippen LogP contribution in [0.3, 0.4) is 0 Å². The Hall–Kier alpha value is -2.73. The Bertz CT molecular complexity index is 1120. The van der Waals surface area contributed by atoms with Crippen molar-refractivity contribution < 1.29 is 4.79 Å². The van der Waals surface area contributed by atoms with Crippen LogP contribution in [0.25, 0.3) is 22.5 Å². The lowest BCUT2D eigenvalue weighted by Crippen LogP contribution is -2.12. The lowest BCUT2D eigenvalue weighted by atomic mass is 10.1. The number of nitrogens with one attached hydrogen (secondary N) is 2. The first-order valence-corrected chi connectivity index (χ1v) is 11.4. The summed E-state index contributed by atoms with van der Waals surface area (Å²) in [5, 5.41) is 4.33. The summed E-state index contributed by atoms with van der Waals surface area (Å²) in [5.41, 5.74) is 4.47. The van der Waals surface area contributed by atoms with E-state index >= 15 is 0 Å². The molecular formula is C24H19Cl2N3OS. The second-order valence-electron chi connectivity index (χ2n) is 6.75.